The standard InChI is InChI=1S/C18H17BrF2N2O2/c19-13-4-1-3-12(11-13)18(25)23-10-9-22-17(24)8-7-14-15(20)5-2-6-16(14)21/h1-6,11H,7-10H2,(H,22,24)(H,23,25). The average Bonchev–Trinajstić information content (AvgIpc) is 2.58. The summed E-state index contributed by atoms with van der Waals surface area (Å²) >= 11 is 3.29. The van der Waals surface area contributed by atoms with Gasteiger partial charge in [-0.15, -0.1) is 0 Å². The topological polar surface area (TPSA) is 58.2 Å². The minimum atomic E-state index is -0.658. The van der Waals surface area contributed by atoms with Gasteiger partial charge in [0.2, 0.25) is 5.91 Å². The third-order valence-electron chi connectivity index (χ3n) is 3.48. The first-order valence-corrected chi connectivity index (χ1v) is 8.50. The van der Waals surface area contributed by atoms with Crippen molar-refractivity contribution in [3.63, 3.8) is 0 Å². The van der Waals surface area contributed by atoms with Crippen LogP contribution in [0, 0.1) is 11.6 Å². The predicted molar refractivity (Wildman–Crippen MR) is 94.2 cm³/mol. The molecule has 132 valence electrons. The average molecular weight is 411 g/mol. The molecule has 0 radical (unpaired) electrons. The van der Waals surface area contributed by atoms with Gasteiger partial charge < -0.3 is 10.6 Å². The molecule has 0 aromatic heterocycles. The molecule has 0 heterocycles. The van der Waals surface area contributed by atoms with Crippen LogP contribution in [0.5, 0.6) is 0 Å². The van der Waals surface area contributed by atoms with Crippen molar-refractivity contribution in [1.29, 1.82) is 0 Å². The second kappa shape index (κ2) is 9.27. The number of nitrogens with one attached hydrogen (secondary N) is 2. The highest BCUT2D eigenvalue weighted by atomic mass is 79.9. The Morgan fingerprint density at radius 3 is 2.28 bits per heavy atom. The van der Waals surface area contributed by atoms with Crippen LogP contribution < -0.4 is 10.6 Å². The van der Waals surface area contributed by atoms with E-state index in [-0.39, 0.29) is 43.3 Å². The monoisotopic (exact) mass is 410 g/mol. The van der Waals surface area contributed by atoms with E-state index in [0.717, 1.165) is 16.6 Å². The lowest BCUT2D eigenvalue weighted by Crippen LogP contribution is -2.34. The Balaban J connectivity index is 1.69. The third kappa shape index (κ3) is 5.94. The van der Waals surface area contributed by atoms with Gasteiger partial charge in [-0.1, -0.05) is 28.1 Å². The third-order valence-corrected chi connectivity index (χ3v) is 3.98. The zero-order chi connectivity index (χ0) is 18.2. The Morgan fingerprint density at radius 2 is 1.60 bits per heavy atom. The maximum Gasteiger partial charge on any atom is 0.251 e. The summed E-state index contributed by atoms with van der Waals surface area (Å²) in [5.41, 5.74) is 0.413. The van der Waals surface area contributed by atoms with Crippen LogP contribution >= 0.6 is 15.9 Å². The molecule has 0 bridgehead atoms. The maximum atomic E-state index is 13.5. The molecular formula is C18H17BrF2N2O2. The van der Waals surface area contributed by atoms with Gasteiger partial charge in [0.15, 0.2) is 0 Å². The van der Waals surface area contributed by atoms with Gasteiger partial charge >= 0.3 is 0 Å². The highest BCUT2D eigenvalue weighted by Gasteiger charge is 2.11. The first-order chi connectivity index (χ1) is 12.0. The number of hydrogen-bond donors (Lipinski definition) is 2. The summed E-state index contributed by atoms with van der Waals surface area (Å²) in [4.78, 5) is 23.6. The number of carbonyl (C=O) groups is 2. The van der Waals surface area contributed by atoms with Gasteiger partial charge in [0.1, 0.15) is 11.6 Å². The second-order valence-electron chi connectivity index (χ2n) is 5.32. The lowest BCUT2D eigenvalue weighted by atomic mass is 10.1. The fraction of sp³-hybridized carbons (Fsp3) is 0.222. The van der Waals surface area contributed by atoms with Crippen molar-refractivity contribution in [2.75, 3.05) is 13.1 Å². The van der Waals surface area contributed by atoms with Gasteiger partial charge in [0, 0.05) is 35.1 Å². The fourth-order valence-corrected chi connectivity index (χ4v) is 2.61. The van der Waals surface area contributed by atoms with Gasteiger partial charge in [0.05, 0.1) is 0 Å². The van der Waals surface area contributed by atoms with Gasteiger partial charge in [-0.05, 0) is 36.8 Å². The first kappa shape index (κ1) is 19.1. The highest BCUT2D eigenvalue weighted by Crippen LogP contribution is 2.14. The smallest absolute Gasteiger partial charge is 0.251 e. The van der Waals surface area contributed by atoms with Crippen molar-refractivity contribution < 1.29 is 18.4 Å². The Hall–Kier alpha value is -2.28. The molecule has 0 spiro atoms. The van der Waals surface area contributed by atoms with Crippen LogP contribution in [0.25, 0.3) is 0 Å². The zero-order valence-electron chi connectivity index (χ0n) is 13.3. The van der Waals surface area contributed by atoms with Gasteiger partial charge in [-0.3, -0.25) is 9.59 Å². The second-order valence-corrected chi connectivity index (χ2v) is 6.23. The van der Waals surface area contributed by atoms with Crippen LogP contribution in [0.4, 0.5) is 8.78 Å². The quantitative estimate of drug-likeness (QED) is 0.688. The number of halogens is 3. The molecule has 2 aromatic rings. The molecule has 0 aliphatic rings. The van der Waals surface area contributed by atoms with Crippen molar-refractivity contribution in [2.45, 2.75) is 12.8 Å². The summed E-state index contributed by atoms with van der Waals surface area (Å²) in [5, 5.41) is 5.28. The van der Waals surface area contributed by atoms with Gasteiger partial charge in [-0.2, -0.15) is 0 Å². The van der Waals surface area contributed by atoms with E-state index < -0.39 is 11.6 Å². The predicted octanol–water partition coefficient (Wildman–Crippen LogP) is 3.21. The van der Waals surface area contributed by atoms with Gasteiger partial charge in [0.25, 0.3) is 5.91 Å². The van der Waals surface area contributed by atoms with Crippen molar-refractivity contribution in [3.05, 3.63) is 69.7 Å². The van der Waals surface area contributed by atoms with Crippen molar-refractivity contribution in [2.24, 2.45) is 0 Å². The highest BCUT2D eigenvalue weighted by molar-refractivity contribution is 9.10. The number of benzene rings is 2. The number of amides is 2. The molecule has 4 nitrogen and oxygen atoms in total. The molecule has 2 amide bonds. The minimum Gasteiger partial charge on any atom is -0.354 e. The maximum absolute atomic E-state index is 13.5. The molecule has 0 saturated heterocycles. The first-order valence-electron chi connectivity index (χ1n) is 7.70. The van der Waals surface area contributed by atoms with Crippen LogP contribution in [0.2, 0.25) is 0 Å². The number of rotatable bonds is 7. The van der Waals surface area contributed by atoms with E-state index >= 15 is 0 Å². The van der Waals surface area contributed by atoms with Crippen LogP contribution in [-0.4, -0.2) is 24.9 Å². The fourth-order valence-electron chi connectivity index (χ4n) is 2.21. The van der Waals surface area contributed by atoms with E-state index in [1.165, 1.54) is 6.07 Å². The number of hydrogen-bond acceptors (Lipinski definition) is 2. The summed E-state index contributed by atoms with van der Waals surface area (Å²) in [6.45, 7) is 0.490. The van der Waals surface area contributed by atoms with Crippen LogP contribution in [0.3, 0.4) is 0 Å². The van der Waals surface area contributed by atoms with E-state index in [0.29, 0.717) is 5.56 Å². The van der Waals surface area contributed by atoms with E-state index in [2.05, 4.69) is 26.6 Å². The number of carbonyl (C=O) groups excluding carboxylic acids is 2. The summed E-state index contributed by atoms with van der Waals surface area (Å²) in [6, 6.07) is 10.5. The van der Waals surface area contributed by atoms with Crippen LogP contribution in [0.15, 0.2) is 46.9 Å². The molecule has 0 atom stereocenters. The summed E-state index contributed by atoms with van der Waals surface area (Å²) in [7, 11) is 0. The molecule has 25 heavy (non-hydrogen) atoms. The lowest BCUT2D eigenvalue weighted by Gasteiger charge is -2.08. The molecular weight excluding hydrogens is 394 g/mol. The molecule has 2 N–H and O–H groups in total. The Kier molecular flexibility index (Phi) is 7.06. The molecule has 2 aromatic carbocycles. The Labute approximate surface area is 152 Å². The molecule has 2 rings (SSSR count). The zero-order valence-corrected chi connectivity index (χ0v) is 14.9. The van der Waals surface area contributed by atoms with E-state index in [1.54, 1.807) is 18.2 Å². The van der Waals surface area contributed by atoms with E-state index in [4.69, 9.17) is 0 Å². The molecule has 7 heteroatoms. The molecule has 0 aliphatic carbocycles. The van der Waals surface area contributed by atoms with Crippen LogP contribution in [0.1, 0.15) is 22.3 Å². The lowest BCUT2D eigenvalue weighted by molar-refractivity contribution is -0.121. The van der Waals surface area contributed by atoms with E-state index in [9.17, 15) is 18.4 Å². The summed E-state index contributed by atoms with van der Waals surface area (Å²) in [6.07, 6.45) is -0.0494. The van der Waals surface area contributed by atoms with Crippen LogP contribution in [-0.2, 0) is 11.2 Å². The van der Waals surface area contributed by atoms with Gasteiger partial charge in [-0.25, -0.2) is 8.78 Å². The Bertz CT molecular complexity index is 748. The van der Waals surface area contributed by atoms with Crippen molar-refractivity contribution in [1.82, 2.24) is 10.6 Å². The van der Waals surface area contributed by atoms with Crippen molar-refractivity contribution in [3.8, 4) is 0 Å². The largest absolute Gasteiger partial charge is 0.354 e. The normalized spacial score (nSPS) is 10.4. The molecule has 0 fully saturated rings. The van der Waals surface area contributed by atoms with Crippen molar-refractivity contribution >= 4 is 27.7 Å². The molecule has 0 saturated carbocycles. The Morgan fingerprint density at radius 1 is 0.960 bits per heavy atom. The summed E-state index contributed by atoms with van der Waals surface area (Å²) < 4.78 is 27.7. The van der Waals surface area contributed by atoms with E-state index in [1.807, 2.05) is 6.07 Å². The molecule has 0 unspecified atom stereocenters. The SMILES string of the molecule is O=C(CCc1c(F)cccc1F)NCCNC(=O)c1cccc(Br)c1. The summed E-state index contributed by atoms with van der Waals surface area (Å²) in [5.74, 6) is -1.90. The minimum absolute atomic E-state index is 0.0191. The molecule has 0 aliphatic heterocycles.